The number of benzene rings is 3. The van der Waals surface area contributed by atoms with Crippen molar-refractivity contribution in [1.29, 1.82) is 0 Å². The normalized spacial score (nSPS) is 23.7. The zero-order chi connectivity index (χ0) is 27.4. The minimum Gasteiger partial charge on any atom is -0.481 e. The third-order valence-corrected chi connectivity index (χ3v) is 7.17. The number of carbonyl (C=O) groups excluding carboxylic acids is 2. The largest absolute Gasteiger partial charge is 0.481 e. The molecule has 3 aliphatic rings. The van der Waals surface area contributed by atoms with Crippen LogP contribution in [0.15, 0.2) is 78.9 Å². The summed E-state index contributed by atoms with van der Waals surface area (Å²) >= 11 is 0. The van der Waals surface area contributed by atoms with Crippen molar-refractivity contribution in [2.75, 3.05) is 13.1 Å². The predicted octanol–water partition coefficient (Wildman–Crippen LogP) is 2.51. The van der Waals surface area contributed by atoms with Crippen LogP contribution in [0.25, 0.3) is 0 Å². The van der Waals surface area contributed by atoms with Crippen molar-refractivity contribution in [2.24, 2.45) is 0 Å². The van der Waals surface area contributed by atoms with Crippen molar-refractivity contribution in [3.63, 3.8) is 0 Å². The van der Waals surface area contributed by atoms with E-state index >= 15 is 0 Å². The van der Waals surface area contributed by atoms with E-state index in [2.05, 4.69) is 10.6 Å². The van der Waals surface area contributed by atoms with E-state index in [1.165, 1.54) is 18.2 Å². The van der Waals surface area contributed by atoms with Gasteiger partial charge >= 0.3 is 5.69 Å². The van der Waals surface area contributed by atoms with Crippen LogP contribution >= 0.6 is 0 Å². The van der Waals surface area contributed by atoms with Crippen LogP contribution in [0.4, 0.5) is 5.69 Å². The summed E-state index contributed by atoms with van der Waals surface area (Å²) in [5.41, 5.74) is 1.85. The molecule has 3 aliphatic heterocycles. The molecule has 0 unspecified atom stereocenters. The van der Waals surface area contributed by atoms with Crippen LogP contribution in [0.3, 0.4) is 0 Å². The predicted molar refractivity (Wildman–Crippen MR) is 143 cm³/mol. The molecule has 2 bridgehead atoms. The van der Waals surface area contributed by atoms with Gasteiger partial charge in [0.1, 0.15) is 18.2 Å². The molecule has 3 heterocycles. The summed E-state index contributed by atoms with van der Waals surface area (Å²) in [6.07, 6.45) is -1.16. The van der Waals surface area contributed by atoms with E-state index < -0.39 is 41.0 Å². The number of nitrogens with zero attached hydrogens (tertiary/aromatic N) is 2. The number of nitrogens with one attached hydrogen (secondary N) is 2. The van der Waals surface area contributed by atoms with Crippen LogP contribution in [0.5, 0.6) is 5.75 Å². The fourth-order valence-electron chi connectivity index (χ4n) is 5.18. The first-order valence-corrected chi connectivity index (χ1v) is 12.9. The molecule has 4 atom stereocenters. The molecule has 0 saturated carbocycles. The van der Waals surface area contributed by atoms with Crippen molar-refractivity contribution >= 4 is 17.5 Å². The Morgan fingerprint density at radius 1 is 0.974 bits per heavy atom. The molecule has 39 heavy (non-hydrogen) atoms. The number of carbonyl (C=O) groups is 2. The lowest BCUT2D eigenvalue weighted by Crippen LogP contribution is -2.56. The first kappa shape index (κ1) is 26.3. The molecule has 3 aromatic rings. The van der Waals surface area contributed by atoms with Gasteiger partial charge < -0.3 is 20.5 Å². The van der Waals surface area contributed by atoms with Gasteiger partial charge in [0, 0.05) is 32.1 Å². The molecule has 3 N–H and O–H groups in total. The summed E-state index contributed by atoms with van der Waals surface area (Å²) in [7, 11) is 0. The maximum atomic E-state index is 13.9. The molecule has 6 rings (SSSR count). The van der Waals surface area contributed by atoms with Crippen LogP contribution in [-0.4, -0.2) is 58.0 Å². The zero-order valence-corrected chi connectivity index (χ0v) is 21.2. The second-order valence-electron chi connectivity index (χ2n) is 9.84. The summed E-state index contributed by atoms with van der Waals surface area (Å²) in [5, 5.41) is 28.1. The number of fused-ring (bicyclic) bond motifs is 8. The van der Waals surface area contributed by atoms with Crippen LogP contribution in [-0.2, 0) is 22.6 Å². The SMILES string of the molecule is O=C1NC[C@H](O)c2ccc(c([N+](=O)[O-])c2)O[C@H]2CCN(Cc3ccccc3)[C@@H]2C(=O)N[C@H]1Cc1ccccc1. The summed E-state index contributed by atoms with van der Waals surface area (Å²) < 4.78 is 6.16. The monoisotopic (exact) mass is 530 g/mol. The van der Waals surface area contributed by atoms with Gasteiger partial charge in [0.05, 0.1) is 11.0 Å². The lowest BCUT2D eigenvalue weighted by Gasteiger charge is -2.30. The van der Waals surface area contributed by atoms with E-state index in [1.54, 1.807) is 0 Å². The maximum absolute atomic E-state index is 13.9. The Morgan fingerprint density at radius 2 is 1.67 bits per heavy atom. The Labute approximate surface area is 225 Å². The number of amides is 2. The third kappa shape index (κ3) is 6.08. The average Bonchev–Trinajstić information content (AvgIpc) is 3.33. The molecule has 0 radical (unpaired) electrons. The van der Waals surface area contributed by atoms with Crippen molar-refractivity contribution in [1.82, 2.24) is 15.5 Å². The summed E-state index contributed by atoms with van der Waals surface area (Å²) in [6.45, 7) is 0.822. The van der Waals surface area contributed by atoms with Gasteiger partial charge in [0.15, 0.2) is 5.75 Å². The van der Waals surface area contributed by atoms with Gasteiger partial charge in [-0.3, -0.25) is 24.6 Å². The van der Waals surface area contributed by atoms with Gasteiger partial charge in [-0.15, -0.1) is 0 Å². The number of rotatable bonds is 5. The molecule has 10 nitrogen and oxygen atoms in total. The molecular weight excluding hydrogens is 500 g/mol. The van der Waals surface area contributed by atoms with E-state index in [0.29, 0.717) is 19.5 Å². The van der Waals surface area contributed by atoms with Crippen molar-refractivity contribution in [2.45, 2.75) is 43.7 Å². The number of aliphatic hydroxyl groups is 1. The van der Waals surface area contributed by atoms with Crippen LogP contribution in [0.2, 0.25) is 0 Å². The van der Waals surface area contributed by atoms with Gasteiger partial charge in [0.2, 0.25) is 11.8 Å². The smallest absolute Gasteiger partial charge is 0.311 e. The van der Waals surface area contributed by atoms with E-state index in [4.69, 9.17) is 4.74 Å². The van der Waals surface area contributed by atoms with Crippen LogP contribution in [0, 0.1) is 10.1 Å². The second-order valence-corrected chi connectivity index (χ2v) is 9.84. The standard InChI is InChI=1S/C29H30N4O6/c34-24-17-30-28(35)22(15-19-7-3-1-4-8-19)31-29(36)27-26(13-14-32(27)18-20-9-5-2-6-10-20)39-25-12-11-21(24)16-23(25)33(37)38/h1-12,16,22,24,26-27,34H,13-15,17-18H2,(H,30,35)(H,31,36)/t22-,24-,26-,27-/m0/s1. The second kappa shape index (κ2) is 11.6. The number of nitro benzene ring substituents is 1. The van der Waals surface area contributed by atoms with Gasteiger partial charge in [-0.25, -0.2) is 0 Å². The quantitative estimate of drug-likeness (QED) is 0.341. The Balaban J connectivity index is 1.51. The molecule has 2 amide bonds. The number of nitro groups is 1. The van der Waals surface area contributed by atoms with Gasteiger partial charge in [0.25, 0.3) is 0 Å². The first-order valence-electron chi connectivity index (χ1n) is 12.9. The third-order valence-electron chi connectivity index (χ3n) is 7.17. The average molecular weight is 531 g/mol. The van der Waals surface area contributed by atoms with E-state index in [1.807, 2.05) is 65.6 Å². The number of likely N-dealkylation sites (tertiary alicyclic amines) is 1. The number of aliphatic hydroxyl groups excluding tert-OH is 1. The van der Waals surface area contributed by atoms with Gasteiger partial charge in [-0.05, 0) is 29.2 Å². The topological polar surface area (TPSA) is 134 Å². The maximum Gasteiger partial charge on any atom is 0.311 e. The van der Waals surface area contributed by atoms with Crippen LogP contribution in [0.1, 0.15) is 29.2 Å². The molecule has 202 valence electrons. The van der Waals surface area contributed by atoms with Crippen molar-refractivity contribution < 1.29 is 24.4 Å². The minimum atomic E-state index is -1.18. The summed E-state index contributed by atoms with van der Waals surface area (Å²) in [4.78, 5) is 40.4. The fraction of sp³-hybridized carbons (Fsp3) is 0.310. The minimum absolute atomic E-state index is 0.0299. The molecule has 0 spiro atoms. The molecule has 0 aliphatic carbocycles. The molecule has 10 heteroatoms. The number of hydrogen-bond acceptors (Lipinski definition) is 7. The van der Waals surface area contributed by atoms with Crippen molar-refractivity contribution in [3.8, 4) is 5.75 Å². The highest BCUT2D eigenvalue weighted by Crippen LogP contribution is 2.34. The molecule has 3 aromatic carbocycles. The number of hydrogen-bond donors (Lipinski definition) is 3. The Bertz CT molecular complexity index is 1340. The summed E-state index contributed by atoms with van der Waals surface area (Å²) in [6, 6.07) is 21.6. The highest BCUT2D eigenvalue weighted by molar-refractivity contribution is 5.90. The highest BCUT2D eigenvalue weighted by atomic mass is 16.6. The Morgan fingerprint density at radius 3 is 2.36 bits per heavy atom. The molecule has 1 fully saturated rings. The lowest BCUT2D eigenvalue weighted by atomic mass is 10.0. The zero-order valence-electron chi connectivity index (χ0n) is 21.2. The Hall–Kier alpha value is -4.28. The summed E-state index contributed by atoms with van der Waals surface area (Å²) in [5.74, 6) is -0.830. The Kier molecular flexibility index (Phi) is 7.85. The number of ether oxygens (including phenoxy) is 1. The van der Waals surface area contributed by atoms with Crippen LogP contribution < -0.4 is 15.4 Å². The van der Waals surface area contributed by atoms with Gasteiger partial charge in [-0.2, -0.15) is 0 Å². The highest BCUT2D eigenvalue weighted by Gasteiger charge is 2.43. The lowest BCUT2D eigenvalue weighted by molar-refractivity contribution is -0.386. The fourth-order valence-corrected chi connectivity index (χ4v) is 5.18. The van der Waals surface area contributed by atoms with Gasteiger partial charge in [-0.1, -0.05) is 66.7 Å². The van der Waals surface area contributed by atoms with E-state index in [0.717, 1.165) is 11.1 Å². The molecule has 1 saturated heterocycles. The first-order chi connectivity index (χ1) is 18.9. The van der Waals surface area contributed by atoms with E-state index in [-0.39, 0.29) is 30.0 Å². The molecular formula is C29H30N4O6. The van der Waals surface area contributed by atoms with E-state index in [9.17, 15) is 24.8 Å². The molecule has 0 aromatic heterocycles. The van der Waals surface area contributed by atoms with Crippen molar-refractivity contribution in [3.05, 3.63) is 106 Å².